The van der Waals surface area contributed by atoms with Gasteiger partial charge in [0.25, 0.3) is 0 Å². The van der Waals surface area contributed by atoms with Gasteiger partial charge in [-0.15, -0.1) is 12.4 Å². The first kappa shape index (κ1) is 19.7. The van der Waals surface area contributed by atoms with Crippen molar-refractivity contribution in [2.75, 3.05) is 7.11 Å². The molecule has 0 aliphatic heterocycles. The van der Waals surface area contributed by atoms with Gasteiger partial charge in [-0.1, -0.05) is 35.3 Å². The van der Waals surface area contributed by atoms with Crippen LogP contribution in [0.25, 0.3) is 11.3 Å². The quantitative estimate of drug-likeness (QED) is 0.555. The summed E-state index contributed by atoms with van der Waals surface area (Å²) in [6, 6.07) is 17.2. The smallest absolute Gasteiger partial charge is 0.134 e. The van der Waals surface area contributed by atoms with Gasteiger partial charge in [-0.25, -0.2) is 0 Å². The third-order valence-electron chi connectivity index (χ3n) is 3.60. The van der Waals surface area contributed by atoms with Crippen LogP contribution in [-0.2, 0) is 13.1 Å². The number of benzene rings is 2. The van der Waals surface area contributed by atoms with Crippen molar-refractivity contribution in [2.45, 2.75) is 13.1 Å². The second kappa shape index (κ2) is 9.16. The Bertz CT molecular complexity index is 796. The SMILES string of the molecule is COc1ccc(CNCc2ccc(-c3cc(Cl)cc(Cl)c3)o2)cc1.Cl. The Morgan fingerprint density at radius 1 is 0.920 bits per heavy atom. The van der Waals surface area contributed by atoms with Gasteiger partial charge in [0.1, 0.15) is 17.3 Å². The molecule has 6 heteroatoms. The first-order valence-electron chi connectivity index (χ1n) is 7.53. The van der Waals surface area contributed by atoms with Gasteiger partial charge in [0.05, 0.1) is 13.7 Å². The van der Waals surface area contributed by atoms with Crippen molar-refractivity contribution in [1.82, 2.24) is 5.32 Å². The van der Waals surface area contributed by atoms with E-state index in [0.29, 0.717) is 16.6 Å². The van der Waals surface area contributed by atoms with E-state index in [-0.39, 0.29) is 12.4 Å². The number of nitrogens with one attached hydrogen (secondary N) is 1. The van der Waals surface area contributed by atoms with E-state index in [1.807, 2.05) is 48.5 Å². The highest BCUT2D eigenvalue weighted by atomic mass is 35.5. The van der Waals surface area contributed by atoms with Crippen molar-refractivity contribution in [3.8, 4) is 17.1 Å². The Hall–Kier alpha value is -1.65. The van der Waals surface area contributed by atoms with Crippen LogP contribution < -0.4 is 10.1 Å². The van der Waals surface area contributed by atoms with Gasteiger partial charge in [0.15, 0.2) is 0 Å². The number of halogens is 3. The molecule has 3 rings (SSSR count). The highest BCUT2D eigenvalue weighted by Gasteiger charge is 2.07. The molecular weight excluding hydrogens is 381 g/mol. The van der Waals surface area contributed by atoms with Crippen LogP contribution in [0.5, 0.6) is 5.75 Å². The molecule has 1 heterocycles. The monoisotopic (exact) mass is 397 g/mol. The van der Waals surface area contributed by atoms with Crippen LogP contribution >= 0.6 is 35.6 Å². The first-order valence-corrected chi connectivity index (χ1v) is 8.28. The minimum Gasteiger partial charge on any atom is -0.497 e. The van der Waals surface area contributed by atoms with Crippen molar-refractivity contribution in [2.24, 2.45) is 0 Å². The second-order valence-corrected chi connectivity index (χ2v) is 6.25. The third-order valence-corrected chi connectivity index (χ3v) is 4.03. The maximum Gasteiger partial charge on any atom is 0.134 e. The van der Waals surface area contributed by atoms with E-state index in [9.17, 15) is 0 Å². The zero-order chi connectivity index (χ0) is 16.9. The molecule has 25 heavy (non-hydrogen) atoms. The summed E-state index contributed by atoms with van der Waals surface area (Å²) in [5, 5.41) is 4.54. The number of furan rings is 1. The molecule has 3 nitrogen and oxygen atoms in total. The van der Waals surface area contributed by atoms with Gasteiger partial charge in [-0.05, 0) is 48.0 Å². The van der Waals surface area contributed by atoms with Crippen LogP contribution in [0.3, 0.4) is 0 Å². The highest BCUT2D eigenvalue weighted by Crippen LogP contribution is 2.28. The number of ether oxygens (including phenoxy) is 1. The fourth-order valence-electron chi connectivity index (χ4n) is 2.40. The van der Waals surface area contributed by atoms with E-state index in [0.717, 1.165) is 29.4 Å². The summed E-state index contributed by atoms with van der Waals surface area (Å²) in [5.74, 6) is 2.46. The van der Waals surface area contributed by atoms with Crippen molar-refractivity contribution in [1.29, 1.82) is 0 Å². The van der Waals surface area contributed by atoms with Gasteiger partial charge in [-0.2, -0.15) is 0 Å². The molecule has 0 fully saturated rings. The fraction of sp³-hybridized carbons (Fsp3) is 0.158. The maximum atomic E-state index is 6.03. The average Bonchev–Trinajstić information content (AvgIpc) is 3.04. The Kier molecular flexibility index (Phi) is 7.21. The van der Waals surface area contributed by atoms with E-state index < -0.39 is 0 Å². The summed E-state index contributed by atoms with van der Waals surface area (Å²) < 4.78 is 11.0. The molecule has 0 amide bonds. The molecule has 0 saturated carbocycles. The standard InChI is InChI=1S/C19H17Cl2NO2.ClH/c1-23-17-4-2-13(3-5-17)11-22-12-18-6-7-19(24-18)14-8-15(20)10-16(21)9-14;/h2-10,22H,11-12H2,1H3;1H. The Morgan fingerprint density at radius 3 is 2.24 bits per heavy atom. The number of methoxy groups -OCH3 is 1. The first-order chi connectivity index (χ1) is 11.6. The largest absolute Gasteiger partial charge is 0.497 e. The number of hydrogen-bond donors (Lipinski definition) is 1. The molecule has 2 aromatic carbocycles. The molecule has 1 N–H and O–H groups in total. The topological polar surface area (TPSA) is 34.4 Å². The van der Waals surface area contributed by atoms with Crippen molar-refractivity contribution in [3.05, 3.63) is 76.0 Å². The molecule has 0 saturated heterocycles. The maximum absolute atomic E-state index is 6.03. The molecule has 1 aromatic heterocycles. The van der Waals surface area contributed by atoms with E-state index >= 15 is 0 Å². The fourth-order valence-corrected chi connectivity index (χ4v) is 2.92. The van der Waals surface area contributed by atoms with Gasteiger partial charge >= 0.3 is 0 Å². The summed E-state index contributed by atoms with van der Waals surface area (Å²) in [5.41, 5.74) is 2.05. The lowest BCUT2D eigenvalue weighted by Crippen LogP contribution is -2.11. The lowest BCUT2D eigenvalue weighted by atomic mass is 10.2. The normalized spacial score (nSPS) is 10.4. The summed E-state index contributed by atoms with van der Waals surface area (Å²) in [4.78, 5) is 0. The van der Waals surface area contributed by atoms with Crippen molar-refractivity contribution < 1.29 is 9.15 Å². The molecule has 0 aliphatic rings. The predicted octanol–water partition coefficient (Wildman–Crippen LogP) is 5.97. The lowest BCUT2D eigenvalue weighted by Gasteiger charge is -2.05. The van der Waals surface area contributed by atoms with Crippen LogP contribution in [0.4, 0.5) is 0 Å². The summed E-state index contributed by atoms with van der Waals surface area (Å²) in [6.07, 6.45) is 0. The summed E-state index contributed by atoms with van der Waals surface area (Å²) in [6.45, 7) is 1.39. The van der Waals surface area contributed by atoms with Crippen molar-refractivity contribution >= 4 is 35.6 Å². The van der Waals surface area contributed by atoms with Gasteiger partial charge in [0, 0.05) is 22.2 Å². The molecule has 3 aromatic rings. The second-order valence-electron chi connectivity index (χ2n) is 5.38. The number of rotatable bonds is 6. The average molecular weight is 399 g/mol. The summed E-state index contributed by atoms with van der Waals surface area (Å²) in [7, 11) is 1.66. The van der Waals surface area contributed by atoms with E-state index in [4.69, 9.17) is 32.4 Å². The van der Waals surface area contributed by atoms with Gasteiger partial charge < -0.3 is 14.5 Å². The van der Waals surface area contributed by atoms with E-state index in [1.54, 1.807) is 13.2 Å². The molecule has 0 radical (unpaired) electrons. The van der Waals surface area contributed by atoms with E-state index in [1.165, 1.54) is 5.56 Å². The van der Waals surface area contributed by atoms with Crippen LogP contribution in [0.15, 0.2) is 59.0 Å². The number of hydrogen-bond acceptors (Lipinski definition) is 3. The third kappa shape index (κ3) is 5.41. The van der Waals surface area contributed by atoms with Crippen LogP contribution in [0.2, 0.25) is 10.0 Å². The Morgan fingerprint density at radius 2 is 1.60 bits per heavy atom. The molecule has 0 atom stereocenters. The molecule has 0 unspecified atom stereocenters. The zero-order valence-electron chi connectivity index (χ0n) is 13.6. The molecular formula is C19H18Cl3NO2. The zero-order valence-corrected chi connectivity index (χ0v) is 15.9. The van der Waals surface area contributed by atoms with Crippen LogP contribution in [-0.4, -0.2) is 7.11 Å². The van der Waals surface area contributed by atoms with Crippen molar-refractivity contribution in [3.63, 3.8) is 0 Å². The molecule has 132 valence electrons. The predicted molar refractivity (Wildman–Crippen MR) is 105 cm³/mol. The minimum atomic E-state index is 0. The molecule has 0 aliphatic carbocycles. The lowest BCUT2D eigenvalue weighted by molar-refractivity contribution is 0.414. The Labute approximate surface area is 163 Å². The van der Waals surface area contributed by atoms with Crippen LogP contribution in [0.1, 0.15) is 11.3 Å². The molecule has 0 bridgehead atoms. The van der Waals surface area contributed by atoms with Gasteiger partial charge in [0.2, 0.25) is 0 Å². The highest BCUT2D eigenvalue weighted by molar-refractivity contribution is 6.35. The molecule has 0 spiro atoms. The minimum absolute atomic E-state index is 0. The van der Waals surface area contributed by atoms with E-state index in [2.05, 4.69) is 5.32 Å². The Balaban J connectivity index is 0.00000225. The van der Waals surface area contributed by atoms with Gasteiger partial charge in [-0.3, -0.25) is 0 Å². The van der Waals surface area contributed by atoms with Crippen LogP contribution in [0, 0.1) is 0 Å². The summed E-state index contributed by atoms with van der Waals surface area (Å²) >= 11 is 12.1.